The molecule has 1 N–H and O–H groups in total. The van der Waals surface area contributed by atoms with Crippen molar-refractivity contribution in [2.24, 2.45) is 0 Å². The van der Waals surface area contributed by atoms with Gasteiger partial charge < -0.3 is 4.74 Å². The monoisotopic (exact) mass is 489 g/mol. The molecule has 3 aromatic rings. The number of halogens is 3. The van der Waals surface area contributed by atoms with E-state index in [0.717, 1.165) is 0 Å². The molecule has 2 aromatic heterocycles. The van der Waals surface area contributed by atoms with Gasteiger partial charge in [-0.2, -0.15) is 0 Å². The predicted molar refractivity (Wildman–Crippen MR) is 103 cm³/mol. The summed E-state index contributed by atoms with van der Waals surface area (Å²) in [5, 5.41) is 0.0133. The molecule has 2 heterocycles. The van der Waals surface area contributed by atoms with Crippen molar-refractivity contribution in [1.29, 1.82) is 0 Å². The molecule has 0 fully saturated rings. The first-order chi connectivity index (χ1) is 12.9. The van der Waals surface area contributed by atoms with Gasteiger partial charge in [-0.15, -0.1) is 0 Å². The maximum absolute atomic E-state index is 12.7. The minimum Gasteiger partial charge on any atom is -0.468 e. The first-order valence-corrected chi connectivity index (χ1v) is 10.3. The SMILES string of the molecule is O=S(=O)(Nc1ncc(Br)nc1OCc1cnccn1)c1cccc(Cl)c1Cl. The van der Waals surface area contributed by atoms with Gasteiger partial charge in [0.2, 0.25) is 5.82 Å². The summed E-state index contributed by atoms with van der Waals surface area (Å²) >= 11 is 15.1. The summed E-state index contributed by atoms with van der Waals surface area (Å²) in [5.74, 6) is -0.158. The van der Waals surface area contributed by atoms with Gasteiger partial charge in [0.05, 0.1) is 28.1 Å². The van der Waals surface area contributed by atoms with Crippen LogP contribution in [0.1, 0.15) is 5.69 Å². The number of sulfonamides is 1. The fourth-order valence-corrected chi connectivity index (χ4v) is 3.98. The number of benzene rings is 1. The van der Waals surface area contributed by atoms with Crippen LogP contribution in [0.3, 0.4) is 0 Å². The van der Waals surface area contributed by atoms with E-state index in [4.69, 9.17) is 27.9 Å². The number of hydrogen-bond donors (Lipinski definition) is 1. The average Bonchev–Trinajstić information content (AvgIpc) is 2.64. The van der Waals surface area contributed by atoms with Crippen LogP contribution in [0.4, 0.5) is 5.82 Å². The Balaban J connectivity index is 1.89. The van der Waals surface area contributed by atoms with Crippen molar-refractivity contribution < 1.29 is 13.2 Å². The van der Waals surface area contributed by atoms with Gasteiger partial charge in [0.15, 0.2) is 0 Å². The molecule has 1 aromatic carbocycles. The van der Waals surface area contributed by atoms with E-state index in [1.54, 1.807) is 0 Å². The average molecular weight is 491 g/mol. The molecule has 0 aliphatic rings. The normalized spacial score (nSPS) is 11.2. The Kier molecular flexibility index (Phi) is 6.10. The molecule has 0 aliphatic heterocycles. The van der Waals surface area contributed by atoms with E-state index in [1.165, 1.54) is 43.0 Å². The fraction of sp³-hybridized carbons (Fsp3) is 0.0667. The summed E-state index contributed by atoms with van der Waals surface area (Å²) < 4.78 is 33.6. The molecule has 0 bridgehead atoms. The third kappa shape index (κ3) is 4.83. The molecule has 8 nitrogen and oxygen atoms in total. The lowest BCUT2D eigenvalue weighted by molar-refractivity contribution is 0.289. The number of nitrogens with one attached hydrogen (secondary N) is 1. The molecule has 0 unspecified atom stereocenters. The van der Waals surface area contributed by atoms with Crippen LogP contribution < -0.4 is 9.46 Å². The molecule has 0 radical (unpaired) electrons. The lowest BCUT2D eigenvalue weighted by Gasteiger charge is -2.13. The molecular weight excluding hydrogens is 481 g/mol. The van der Waals surface area contributed by atoms with Crippen LogP contribution >= 0.6 is 39.1 Å². The molecule has 0 spiro atoms. The minimum absolute atomic E-state index is 0.0195. The highest BCUT2D eigenvalue weighted by Crippen LogP contribution is 2.31. The van der Waals surface area contributed by atoms with E-state index in [9.17, 15) is 8.42 Å². The number of rotatable bonds is 6. The largest absolute Gasteiger partial charge is 0.468 e. The Bertz CT molecular complexity index is 1070. The maximum Gasteiger partial charge on any atom is 0.264 e. The Morgan fingerprint density at radius 3 is 2.70 bits per heavy atom. The highest BCUT2D eigenvalue weighted by atomic mass is 79.9. The lowest BCUT2D eigenvalue weighted by atomic mass is 10.4. The lowest BCUT2D eigenvalue weighted by Crippen LogP contribution is -2.16. The van der Waals surface area contributed by atoms with Crippen molar-refractivity contribution in [2.45, 2.75) is 11.5 Å². The standard InChI is InChI=1S/C15H10BrCl2N5O3S/c16-12-7-21-14(15(22-12)26-8-9-6-19-4-5-20-9)23-27(24,25)11-3-1-2-10(17)13(11)18/h1-7H,8H2,(H,21,23). The Morgan fingerprint density at radius 1 is 1.15 bits per heavy atom. The number of nitrogens with zero attached hydrogens (tertiary/aromatic N) is 4. The molecule has 0 amide bonds. The van der Waals surface area contributed by atoms with Crippen molar-refractivity contribution in [3.8, 4) is 5.88 Å². The summed E-state index contributed by atoms with van der Waals surface area (Å²) in [5.41, 5.74) is 0.533. The van der Waals surface area contributed by atoms with Gasteiger partial charge in [0.25, 0.3) is 15.9 Å². The van der Waals surface area contributed by atoms with Crippen LogP contribution in [0.5, 0.6) is 5.88 Å². The van der Waals surface area contributed by atoms with Crippen molar-refractivity contribution in [1.82, 2.24) is 19.9 Å². The number of ether oxygens (including phenoxy) is 1. The molecule has 0 atom stereocenters. The van der Waals surface area contributed by atoms with E-state index in [1.807, 2.05) is 0 Å². The first kappa shape index (κ1) is 19.7. The Morgan fingerprint density at radius 2 is 1.96 bits per heavy atom. The number of aromatic nitrogens is 4. The molecule has 3 rings (SSSR count). The summed E-state index contributed by atoms with van der Waals surface area (Å²) in [7, 11) is -4.08. The van der Waals surface area contributed by atoms with Gasteiger partial charge >= 0.3 is 0 Å². The van der Waals surface area contributed by atoms with Gasteiger partial charge in [-0.25, -0.2) is 18.4 Å². The first-order valence-electron chi connectivity index (χ1n) is 7.24. The van der Waals surface area contributed by atoms with Crippen molar-refractivity contribution in [3.05, 3.63) is 63.3 Å². The maximum atomic E-state index is 12.7. The second-order valence-electron chi connectivity index (χ2n) is 4.99. The summed E-state index contributed by atoms with van der Waals surface area (Å²) in [6.07, 6.45) is 5.88. The zero-order valence-corrected chi connectivity index (χ0v) is 17.2. The molecule has 27 heavy (non-hydrogen) atoms. The van der Waals surface area contributed by atoms with E-state index in [2.05, 4.69) is 40.6 Å². The van der Waals surface area contributed by atoms with Gasteiger partial charge in [0, 0.05) is 12.4 Å². The van der Waals surface area contributed by atoms with Gasteiger partial charge in [0.1, 0.15) is 16.1 Å². The van der Waals surface area contributed by atoms with Gasteiger partial charge in [-0.05, 0) is 28.1 Å². The quantitative estimate of drug-likeness (QED) is 0.561. The number of hydrogen-bond acceptors (Lipinski definition) is 7. The summed E-state index contributed by atoms with van der Waals surface area (Å²) in [6.45, 7) is 0.0195. The van der Waals surface area contributed by atoms with Crippen molar-refractivity contribution >= 4 is 55.0 Å². The van der Waals surface area contributed by atoms with Crippen LogP contribution in [-0.2, 0) is 16.6 Å². The second kappa shape index (κ2) is 8.34. The number of anilines is 1. The molecular formula is C15H10BrCl2N5O3S. The van der Waals surface area contributed by atoms with Crippen LogP contribution in [-0.4, -0.2) is 28.4 Å². The van der Waals surface area contributed by atoms with Crippen LogP contribution in [0.15, 0.2) is 52.5 Å². The third-order valence-corrected chi connectivity index (χ3v) is 5.82. The second-order valence-corrected chi connectivity index (χ2v) is 8.24. The zero-order chi connectivity index (χ0) is 19.4. The van der Waals surface area contributed by atoms with E-state index < -0.39 is 10.0 Å². The van der Waals surface area contributed by atoms with Crippen LogP contribution in [0, 0.1) is 0 Å². The van der Waals surface area contributed by atoms with Gasteiger partial charge in [-0.1, -0.05) is 29.3 Å². The smallest absolute Gasteiger partial charge is 0.264 e. The zero-order valence-electron chi connectivity index (χ0n) is 13.3. The van der Waals surface area contributed by atoms with Crippen LogP contribution in [0.25, 0.3) is 0 Å². The highest BCUT2D eigenvalue weighted by molar-refractivity contribution is 9.10. The minimum atomic E-state index is -4.08. The molecule has 12 heteroatoms. The third-order valence-electron chi connectivity index (χ3n) is 3.12. The summed E-state index contributed by atoms with van der Waals surface area (Å²) in [4.78, 5) is 15.9. The topological polar surface area (TPSA) is 107 Å². The summed E-state index contributed by atoms with van der Waals surface area (Å²) in [6, 6.07) is 4.28. The molecule has 0 saturated carbocycles. The fourth-order valence-electron chi connectivity index (χ4n) is 1.94. The molecule has 140 valence electrons. The predicted octanol–water partition coefficient (Wildman–Crippen LogP) is 3.72. The van der Waals surface area contributed by atoms with Crippen molar-refractivity contribution in [2.75, 3.05) is 4.72 Å². The van der Waals surface area contributed by atoms with E-state index >= 15 is 0 Å². The van der Waals surface area contributed by atoms with E-state index in [0.29, 0.717) is 10.3 Å². The van der Waals surface area contributed by atoms with Gasteiger partial charge in [-0.3, -0.25) is 14.7 Å². The Labute approximate surface area is 173 Å². The molecule has 0 saturated heterocycles. The van der Waals surface area contributed by atoms with Crippen molar-refractivity contribution in [3.63, 3.8) is 0 Å². The van der Waals surface area contributed by atoms with Crippen LogP contribution in [0.2, 0.25) is 10.0 Å². The molecule has 0 aliphatic carbocycles. The Hall–Kier alpha value is -2.01. The van der Waals surface area contributed by atoms with E-state index in [-0.39, 0.29) is 33.2 Å². The highest BCUT2D eigenvalue weighted by Gasteiger charge is 2.23.